The van der Waals surface area contributed by atoms with Crippen molar-refractivity contribution in [2.24, 2.45) is 7.05 Å². The Hall–Kier alpha value is -4.91. The summed E-state index contributed by atoms with van der Waals surface area (Å²) in [7, 11) is 1.91. The first-order valence-corrected chi connectivity index (χ1v) is 14.2. The minimum absolute atomic E-state index is 0.0558. The van der Waals surface area contributed by atoms with Crippen LogP contribution in [0.15, 0.2) is 73.3 Å². The lowest BCUT2D eigenvalue weighted by Crippen LogP contribution is -2.28. The average molecular weight is 623 g/mol. The van der Waals surface area contributed by atoms with E-state index in [4.69, 9.17) is 0 Å². The van der Waals surface area contributed by atoms with Crippen molar-refractivity contribution in [2.75, 3.05) is 5.32 Å². The molecule has 1 atom stereocenters. The van der Waals surface area contributed by atoms with Crippen LogP contribution in [0.25, 0.3) is 32.4 Å². The molecule has 0 aliphatic carbocycles. The number of hydrogen-bond acceptors (Lipinski definition) is 6. The molecule has 0 saturated carbocycles. The van der Waals surface area contributed by atoms with Crippen molar-refractivity contribution in [1.82, 2.24) is 24.8 Å². The number of carbonyl (C=O) groups excluding carboxylic acids is 1. The molecule has 0 unspecified atom stereocenters. The zero-order valence-corrected chi connectivity index (χ0v) is 24.0. The summed E-state index contributed by atoms with van der Waals surface area (Å²) in [6.07, 6.45) is -0.583. The quantitative estimate of drug-likeness (QED) is 0.179. The molecular formula is C31H23F5N6OS. The average Bonchev–Trinajstić information content (AvgIpc) is 3.63. The van der Waals surface area contributed by atoms with E-state index in [0.29, 0.717) is 17.9 Å². The van der Waals surface area contributed by atoms with E-state index < -0.39 is 35.3 Å². The maximum atomic E-state index is 13.7. The summed E-state index contributed by atoms with van der Waals surface area (Å²) >= 11 is 1.48. The molecule has 0 aliphatic rings. The van der Waals surface area contributed by atoms with Crippen LogP contribution in [0.4, 0.5) is 27.8 Å². The molecule has 4 aromatic heterocycles. The van der Waals surface area contributed by atoms with Crippen molar-refractivity contribution in [1.29, 1.82) is 0 Å². The third-order valence-corrected chi connectivity index (χ3v) is 8.31. The molecule has 1 amide bonds. The maximum absolute atomic E-state index is 13.7. The Balaban J connectivity index is 1.24. The molecule has 44 heavy (non-hydrogen) atoms. The summed E-state index contributed by atoms with van der Waals surface area (Å²) in [6.45, 7) is 1.69. The number of halogens is 5. The molecule has 6 rings (SSSR count). The Morgan fingerprint density at radius 3 is 2.57 bits per heavy atom. The number of nitrogens with zero attached hydrogens (tertiary/aromatic N) is 4. The van der Waals surface area contributed by atoms with Gasteiger partial charge in [-0.1, -0.05) is 18.2 Å². The smallest absolute Gasteiger partial charge is 0.365 e. The number of alkyl halides is 3. The monoisotopic (exact) mass is 622 g/mol. The van der Waals surface area contributed by atoms with Gasteiger partial charge in [0.15, 0.2) is 17.3 Å². The number of fused-ring (bicyclic) bond motifs is 3. The van der Waals surface area contributed by atoms with Crippen LogP contribution in [-0.4, -0.2) is 25.4 Å². The topological polar surface area (TPSA) is 84.7 Å². The molecule has 6 aromatic rings. The number of thiophene rings is 1. The van der Waals surface area contributed by atoms with Gasteiger partial charge in [0.25, 0.3) is 5.91 Å². The second-order valence-corrected chi connectivity index (χ2v) is 11.4. The van der Waals surface area contributed by atoms with Crippen molar-refractivity contribution in [2.45, 2.75) is 25.7 Å². The van der Waals surface area contributed by atoms with Gasteiger partial charge in [0.2, 0.25) is 0 Å². The fourth-order valence-corrected chi connectivity index (χ4v) is 5.80. The molecule has 4 heterocycles. The first-order chi connectivity index (χ1) is 21.0. The van der Waals surface area contributed by atoms with Gasteiger partial charge in [0.1, 0.15) is 5.82 Å². The maximum Gasteiger partial charge on any atom is 0.417 e. The van der Waals surface area contributed by atoms with Gasteiger partial charge in [-0.3, -0.25) is 4.79 Å². The number of hydrogen-bond donors (Lipinski definition) is 2. The first kappa shape index (κ1) is 29.2. The van der Waals surface area contributed by atoms with Gasteiger partial charge in [0.05, 0.1) is 35.6 Å². The van der Waals surface area contributed by atoms with E-state index in [9.17, 15) is 26.7 Å². The molecule has 0 aliphatic heterocycles. The number of carbonyl (C=O) groups is 1. The largest absolute Gasteiger partial charge is 0.417 e. The molecule has 2 N–H and O–H groups in total. The highest BCUT2D eigenvalue weighted by Gasteiger charge is 2.33. The van der Waals surface area contributed by atoms with Crippen molar-refractivity contribution >= 4 is 45.0 Å². The second kappa shape index (κ2) is 11.3. The van der Waals surface area contributed by atoms with Crippen molar-refractivity contribution in [3.8, 4) is 10.4 Å². The van der Waals surface area contributed by atoms with Crippen molar-refractivity contribution < 1.29 is 26.7 Å². The van der Waals surface area contributed by atoms with Gasteiger partial charge in [-0.25, -0.2) is 23.7 Å². The number of benzene rings is 2. The van der Waals surface area contributed by atoms with E-state index in [2.05, 4.69) is 31.7 Å². The molecule has 7 nitrogen and oxygen atoms in total. The molecule has 0 fully saturated rings. The van der Waals surface area contributed by atoms with Gasteiger partial charge >= 0.3 is 6.18 Å². The molecule has 0 spiro atoms. The van der Waals surface area contributed by atoms with E-state index in [-0.39, 0.29) is 23.5 Å². The van der Waals surface area contributed by atoms with Gasteiger partial charge in [-0.05, 0) is 54.4 Å². The number of aromatic nitrogens is 4. The number of amides is 1. The van der Waals surface area contributed by atoms with Crippen LogP contribution in [0, 0.1) is 11.6 Å². The second-order valence-electron chi connectivity index (χ2n) is 10.2. The molecule has 0 saturated heterocycles. The standard InChI is InChI=1S/C31H23F5N6OS/c1-16(17-5-7-24(32)25(33)10-17)41-30(43)23-11-20(31(34,35)36)13-38-28(23)39-14-21-6-8-26(44-21)18-3-4-19-12-37-29-27(22(19)9-18)42(2)15-40-29/h3-13,15-16H,14H2,1-2H3,(H,38,39)(H,41,43)/t16-/m0/s1. The van der Waals surface area contributed by atoms with Gasteiger partial charge in [-0.2, -0.15) is 13.2 Å². The van der Waals surface area contributed by atoms with Gasteiger partial charge in [-0.15, -0.1) is 11.3 Å². The fraction of sp³-hybridized carbons (Fsp3) is 0.161. The number of pyridine rings is 2. The summed E-state index contributed by atoms with van der Waals surface area (Å²) in [4.78, 5) is 27.6. The van der Waals surface area contributed by atoms with Crippen LogP contribution in [0.2, 0.25) is 0 Å². The summed E-state index contributed by atoms with van der Waals surface area (Å²) in [5.74, 6) is -3.07. The van der Waals surface area contributed by atoms with Crippen molar-refractivity contribution in [3.05, 3.63) is 107 Å². The zero-order chi connectivity index (χ0) is 31.2. The number of imidazole rings is 1. The van der Waals surface area contributed by atoms with Crippen LogP contribution in [0.5, 0.6) is 0 Å². The third kappa shape index (κ3) is 5.70. The third-order valence-electron chi connectivity index (χ3n) is 7.18. The van der Waals surface area contributed by atoms with Crippen molar-refractivity contribution in [3.63, 3.8) is 0 Å². The lowest BCUT2D eigenvalue weighted by molar-refractivity contribution is -0.137. The van der Waals surface area contributed by atoms with Gasteiger partial charge < -0.3 is 15.2 Å². The summed E-state index contributed by atoms with van der Waals surface area (Å²) in [6, 6.07) is 12.9. The van der Waals surface area contributed by atoms with Crippen LogP contribution < -0.4 is 10.6 Å². The van der Waals surface area contributed by atoms with E-state index in [1.807, 2.05) is 35.9 Å². The Bertz CT molecular complexity index is 2040. The fourth-order valence-electron chi connectivity index (χ4n) is 4.85. The van der Waals surface area contributed by atoms with E-state index in [1.165, 1.54) is 24.3 Å². The predicted molar refractivity (Wildman–Crippen MR) is 158 cm³/mol. The number of rotatable bonds is 7. The van der Waals surface area contributed by atoms with Crippen LogP contribution in [-0.2, 0) is 19.8 Å². The van der Waals surface area contributed by atoms with Gasteiger partial charge in [0, 0.05) is 40.0 Å². The van der Waals surface area contributed by atoms with Crippen LogP contribution in [0.3, 0.4) is 0 Å². The number of anilines is 1. The Labute approximate surface area is 251 Å². The zero-order valence-electron chi connectivity index (χ0n) is 23.2. The van der Waals surface area contributed by atoms with Crippen LogP contribution >= 0.6 is 11.3 Å². The molecule has 2 aromatic carbocycles. The minimum Gasteiger partial charge on any atom is -0.365 e. The first-order valence-electron chi connectivity index (χ1n) is 13.3. The minimum atomic E-state index is -4.73. The molecule has 0 radical (unpaired) electrons. The van der Waals surface area contributed by atoms with E-state index in [1.54, 1.807) is 12.5 Å². The number of nitrogens with one attached hydrogen (secondary N) is 2. The molecule has 224 valence electrons. The lowest BCUT2D eigenvalue weighted by atomic mass is 10.1. The van der Waals surface area contributed by atoms with E-state index >= 15 is 0 Å². The van der Waals surface area contributed by atoms with E-state index in [0.717, 1.165) is 43.7 Å². The molecule has 0 bridgehead atoms. The highest BCUT2D eigenvalue weighted by Crippen LogP contribution is 2.34. The normalized spacial score (nSPS) is 12.5. The summed E-state index contributed by atoms with van der Waals surface area (Å²) in [5, 5.41) is 7.51. The summed E-state index contributed by atoms with van der Waals surface area (Å²) in [5.41, 5.74) is 1.35. The highest BCUT2D eigenvalue weighted by molar-refractivity contribution is 7.15. The summed E-state index contributed by atoms with van der Waals surface area (Å²) < 4.78 is 69.5. The highest BCUT2D eigenvalue weighted by atomic mass is 32.1. The number of aryl methyl sites for hydroxylation is 1. The Morgan fingerprint density at radius 1 is 0.977 bits per heavy atom. The Morgan fingerprint density at radius 2 is 1.80 bits per heavy atom. The Kier molecular flexibility index (Phi) is 7.49. The predicted octanol–water partition coefficient (Wildman–Crippen LogP) is 7.65. The van der Waals surface area contributed by atoms with Crippen LogP contribution in [0.1, 0.15) is 39.3 Å². The molecular weight excluding hydrogens is 599 g/mol. The SMILES string of the molecule is C[C@H](NC(=O)c1cc(C(F)(F)F)cnc1NCc1ccc(-c2ccc3cnc4ncn(C)c4c3c2)s1)c1ccc(F)c(F)c1. The lowest BCUT2D eigenvalue weighted by Gasteiger charge is -2.17. The molecule has 13 heteroatoms.